The van der Waals surface area contributed by atoms with E-state index >= 15 is 0 Å². The lowest BCUT2D eigenvalue weighted by molar-refractivity contribution is 0.0953. The number of carbonyl (C=O) groups excluding carboxylic acids is 1. The highest BCUT2D eigenvalue weighted by atomic mass is 16.1. The van der Waals surface area contributed by atoms with Gasteiger partial charge in [-0.25, -0.2) is 9.50 Å². The van der Waals surface area contributed by atoms with Crippen molar-refractivity contribution in [1.29, 1.82) is 0 Å². The molecule has 6 heteroatoms. The average Bonchev–Trinajstić information content (AvgIpc) is 2.78. The summed E-state index contributed by atoms with van der Waals surface area (Å²) < 4.78 is 1.70. The minimum absolute atomic E-state index is 0.115. The highest BCUT2D eigenvalue weighted by Crippen LogP contribution is 2.11. The third-order valence-electron chi connectivity index (χ3n) is 3.09. The molecular formula is C14H21N5O. The third-order valence-corrected chi connectivity index (χ3v) is 3.09. The molecule has 20 heavy (non-hydrogen) atoms. The zero-order valence-corrected chi connectivity index (χ0v) is 12.5. The van der Waals surface area contributed by atoms with Gasteiger partial charge >= 0.3 is 0 Å². The summed E-state index contributed by atoms with van der Waals surface area (Å²) in [6.45, 7) is 5.47. The van der Waals surface area contributed by atoms with Crippen LogP contribution in [0.25, 0.3) is 5.65 Å². The number of aromatic nitrogens is 3. The van der Waals surface area contributed by atoms with Gasteiger partial charge in [-0.15, -0.1) is 0 Å². The van der Waals surface area contributed by atoms with Crippen LogP contribution in [0.15, 0.2) is 12.3 Å². The highest BCUT2D eigenvalue weighted by molar-refractivity contribution is 5.99. The SMILES string of the molecule is Cc1cc(C)n2ncc(C(=O)NCCCN(C)C)c2n1. The highest BCUT2D eigenvalue weighted by Gasteiger charge is 2.14. The van der Waals surface area contributed by atoms with Crippen molar-refractivity contribution in [3.63, 3.8) is 0 Å². The van der Waals surface area contributed by atoms with Crippen LogP contribution in [0.3, 0.4) is 0 Å². The van der Waals surface area contributed by atoms with Crippen molar-refractivity contribution in [2.75, 3.05) is 27.2 Å². The first-order valence-corrected chi connectivity index (χ1v) is 6.74. The molecule has 0 unspecified atom stereocenters. The van der Waals surface area contributed by atoms with E-state index in [1.165, 1.54) is 0 Å². The first-order chi connectivity index (χ1) is 9.49. The van der Waals surface area contributed by atoms with Crippen LogP contribution in [0.1, 0.15) is 28.2 Å². The molecule has 2 aromatic rings. The van der Waals surface area contributed by atoms with Crippen molar-refractivity contribution in [3.05, 3.63) is 29.2 Å². The van der Waals surface area contributed by atoms with Crippen LogP contribution in [0.4, 0.5) is 0 Å². The van der Waals surface area contributed by atoms with E-state index in [-0.39, 0.29) is 5.91 Å². The molecule has 6 nitrogen and oxygen atoms in total. The standard InChI is InChI=1S/C14H21N5O/c1-10-8-11(2)19-13(17-10)12(9-16-19)14(20)15-6-5-7-18(3)4/h8-9H,5-7H2,1-4H3,(H,15,20). The van der Waals surface area contributed by atoms with Crippen LogP contribution < -0.4 is 5.32 Å². The Morgan fingerprint density at radius 2 is 2.15 bits per heavy atom. The van der Waals surface area contributed by atoms with E-state index < -0.39 is 0 Å². The molecule has 1 amide bonds. The maximum absolute atomic E-state index is 12.2. The predicted octanol–water partition coefficient (Wildman–Crippen LogP) is 1.03. The summed E-state index contributed by atoms with van der Waals surface area (Å²) in [6.07, 6.45) is 2.50. The normalized spacial score (nSPS) is 11.2. The van der Waals surface area contributed by atoms with Crippen LogP contribution in [-0.4, -0.2) is 52.6 Å². The molecule has 2 rings (SSSR count). The van der Waals surface area contributed by atoms with Crippen LogP contribution in [0.5, 0.6) is 0 Å². The van der Waals surface area contributed by atoms with E-state index in [9.17, 15) is 4.79 Å². The predicted molar refractivity (Wildman–Crippen MR) is 78.0 cm³/mol. The second-order valence-electron chi connectivity index (χ2n) is 5.25. The summed E-state index contributed by atoms with van der Waals surface area (Å²) in [5.74, 6) is -0.115. The lowest BCUT2D eigenvalue weighted by Gasteiger charge is -2.09. The lowest BCUT2D eigenvalue weighted by Crippen LogP contribution is -2.27. The molecule has 0 saturated heterocycles. The van der Waals surface area contributed by atoms with Crippen molar-refractivity contribution >= 4 is 11.6 Å². The van der Waals surface area contributed by atoms with E-state index in [4.69, 9.17) is 0 Å². The summed E-state index contributed by atoms with van der Waals surface area (Å²) in [5, 5.41) is 7.13. The van der Waals surface area contributed by atoms with E-state index in [1.54, 1.807) is 10.7 Å². The van der Waals surface area contributed by atoms with Gasteiger partial charge in [-0.2, -0.15) is 5.10 Å². The van der Waals surface area contributed by atoms with Crippen molar-refractivity contribution in [3.8, 4) is 0 Å². The second-order valence-corrected chi connectivity index (χ2v) is 5.25. The molecule has 0 spiro atoms. The first kappa shape index (κ1) is 14.5. The zero-order chi connectivity index (χ0) is 14.7. The second kappa shape index (κ2) is 6.00. The fourth-order valence-corrected chi connectivity index (χ4v) is 2.12. The van der Waals surface area contributed by atoms with Gasteiger partial charge < -0.3 is 10.2 Å². The molecule has 2 aromatic heterocycles. The van der Waals surface area contributed by atoms with Gasteiger partial charge in [0.1, 0.15) is 5.56 Å². The summed E-state index contributed by atoms with van der Waals surface area (Å²) >= 11 is 0. The Morgan fingerprint density at radius 1 is 1.40 bits per heavy atom. The van der Waals surface area contributed by atoms with Crippen molar-refractivity contribution in [2.24, 2.45) is 0 Å². The molecule has 0 radical (unpaired) electrons. The van der Waals surface area contributed by atoms with Crippen molar-refractivity contribution in [1.82, 2.24) is 24.8 Å². The van der Waals surface area contributed by atoms with E-state index in [0.717, 1.165) is 24.4 Å². The summed E-state index contributed by atoms with van der Waals surface area (Å²) in [7, 11) is 4.03. The molecule has 108 valence electrons. The average molecular weight is 275 g/mol. The van der Waals surface area contributed by atoms with Crippen LogP contribution in [0, 0.1) is 13.8 Å². The largest absolute Gasteiger partial charge is 0.352 e. The Hall–Kier alpha value is -1.95. The molecular weight excluding hydrogens is 254 g/mol. The summed E-state index contributed by atoms with van der Waals surface area (Å²) in [4.78, 5) is 18.7. The molecule has 0 bridgehead atoms. The van der Waals surface area contributed by atoms with Crippen LogP contribution in [0.2, 0.25) is 0 Å². The monoisotopic (exact) mass is 275 g/mol. The topological polar surface area (TPSA) is 62.5 Å². The maximum atomic E-state index is 12.2. The molecule has 2 heterocycles. The van der Waals surface area contributed by atoms with E-state index in [0.29, 0.717) is 17.8 Å². The fraction of sp³-hybridized carbons (Fsp3) is 0.500. The van der Waals surface area contributed by atoms with Gasteiger partial charge in [0.15, 0.2) is 5.65 Å². The molecule has 0 fully saturated rings. The van der Waals surface area contributed by atoms with E-state index in [1.807, 2.05) is 34.0 Å². The van der Waals surface area contributed by atoms with Crippen LogP contribution >= 0.6 is 0 Å². The molecule has 0 aliphatic heterocycles. The van der Waals surface area contributed by atoms with Crippen LogP contribution in [-0.2, 0) is 0 Å². The molecule has 0 aromatic carbocycles. The third kappa shape index (κ3) is 3.14. The molecule has 0 saturated carbocycles. The number of nitrogens with one attached hydrogen (secondary N) is 1. The maximum Gasteiger partial charge on any atom is 0.256 e. The van der Waals surface area contributed by atoms with Crippen molar-refractivity contribution < 1.29 is 4.79 Å². The fourth-order valence-electron chi connectivity index (χ4n) is 2.12. The quantitative estimate of drug-likeness (QED) is 0.828. The Labute approximate surface area is 118 Å². The molecule has 0 atom stereocenters. The number of fused-ring (bicyclic) bond motifs is 1. The number of hydrogen-bond acceptors (Lipinski definition) is 4. The minimum atomic E-state index is -0.115. The van der Waals surface area contributed by atoms with E-state index in [2.05, 4.69) is 20.3 Å². The smallest absolute Gasteiger partial charge is 0.256 e. The van der Waals surface area contributed by atoms with Gasteiger partial charge in [-0.05, 0) is 47.0 Å². The number of nitrogens with zero attached hydrogens (tertiary/aromatic N) is 4. The Bertz CT molecular complexity index is 617. The summed E-state index contributed by atoms with van der Waals surface area (Å²) in [5.41, 5.74) is 3.01. The Kier molecular flexibility index (Phi) is 4.34. The number of rotatable bonds is 5. The molecule has 0 aliphatic rings. The van der Waals surface area contributed by atoms with Gasteiger partial charge in [0.2, 0.25) is 0 Å². The minimum Gasteiger partial charge on any atom is -0.352 e. The Morgan fingerprint density at radius 3 is 2.85 bits per heavy atom. The van der Waals surface area contributed by atoms with Gasteiger partial charge in [0.05, 0.1) is 6.20 Å². The van der Waals surface area contributed by atoms with Gasteiger partial charge in [-0.3, -0.25) is 4.79 Å². The Balaban J connectivity index is 2.11. The first-order valence-electron chi connectivity index (χ1n) is 6.74. The van der Waals surface area contributed by atoms with Gasteiger partial charge in [0.25, 0.3) is 5.91 Å². The molecule has 0 aliphatic carbocycles. The number of amides is 1. The molecule has 1 N–H and O–H groups in total. The zero-order valence-electron chi connectivity index (χ0n) is 12.5. The van der Waals surface area contributed by atoms with Gasteiger partial charge in [0, 0.05) is 17.9 Å². The van der Waals surface area contributed by atoms with Gasteiger partial charge in [-0.1, -0.05) is 0 Å². The number of aryl methyl sites for hydroxylation is 2. The lowest BCUT2D eigenvalue weighted by atomic mass is 10.3. The summed E-state index contributed by atoms with van der Waals surface area (Å²) in [6, 6.07) is 1.94. The van der Waals surface area contributed by atoms with Crippen molar-refractivity contribution in [2.45, 2.75) is 20.3 Å². The number of carbonyl (C=O) groups is 1. The number of hydrogen-bond donors (Lipinski definition) is 1.